The first-order chi connectivity index (χ1) is 10.2. The number of fused-ring (bicyclic) bond motifs is 3. The number of rotatable bonds is 0. The van der Waals surface area contributed by atoms with Crippen molar-refractivity contribution in [2.45, 2.75) is 63.3 Å². The van der Waals surface area contributed by atoms with Crippen LogP contribution in [-0.2, 0) is 14.3 Å². The second-order valence-corrected chi connectivity index (χ2v) is 7.91. The molecule has 3 fully saturated rings. The number of hydrogen-bond acceptors (Lipinski definition) is 5. The molecule has 4 rings (SSSR count). The van der Waals surface area contributed by atoms with E-state index in [1.165, 1.54) is 5.57 Å². The van der Waals surface area contributed by atoms with Crippen LogP contribution in [0.15, 0.2) is 11.1 Å². The predicted molar refractivity (Wildman–Crippen MR) is 77.0 cm³/mol. The molecule has 0 amide bonds. The Kier molecular flexibility index (Phi) is 2.69. The quantitative estimate of drug-likeness (QED) is 0.513. The van der Waals surface area contributed by atoms with E-state index in [1.807, 2.05) is 6.92 Å². The van der Waals surface area contributed by atoms with E-state index in [0.29, 0.717) is 19.3 Å². The van der Waals surface area contributed by atoms with Gasteiger partial charge in [-0.2, -0.15) is 0 Å². The van der Waals surface area contributed by atoms with Crippen molar-refractivity contribution >= 4 is 11.6 Å². The van der Waals surface area contributed by atoms with Crippen molar-refractivity contribution in [3.8, 4) is 0 Å². The molecule has 5 heteroatoms. The highest BCUT2D eigenvalue weighted by Crippen LogP contribution is 2.57. The SMILES string of the molecule is CC1=C2CC[C@@](C)(O)[C@H]2C[C@@]2(C1)C(=O)[C@H]1C[C@](O)(CO1)C2=O. The lowest BCUT2D eigenvalue weighted by molar-refractivity contribution is -0.161. The van der Waals surface area contributed by atoms with Gasteiger partial charge in [0.05, 0.1) is 17.6 Å². The fourth-order valence-corrected chi connectivity index (χ4v) is 5.17. The average Bonchev–Trinajstić information content (AvgIpc) is 2.97. The summed E-state index contributed by atoms with van der Waals surface area (Å²) >= 11 is 0. The Bertz CT molecular complexity index is 619. The van der Waals surface area contributed by atoms with Crippen LogP contribution in [0, 0.1) is 11.3 Å². The van der Waals surface area contributed by atoms with Crippen LogP contribution in [0.5, 0.6) is 0 Å². The van der Waals surface area contributed by atoms with Crippen LogP contribution in [-0.4, -0.2) is 45.7 Å². The van der Waals surface area contributed by atoms with Crippen molar-refractivity contribution in [3.05, 3.63) is 11.1 Å². The van der Waals surface area contributed by atoms with Gasteiger partial charge in [0.25, 0.3) is 0 Å². The molecule has 5 nitrogen and oxygen atoms in total. The van der Waals surface area contributed by atoms with Crippen molar-refractivity contribution in [1.29, 1.82) is 0 Å². The maximum Gasteiger partial charge on any atom is 0.180 e. The maximum atomic E-state index is 13.0. The number of ether oxygens (including phenoxy) is 1. The number of allylic oxidation sites excluding steroid dienone is 1. The lowest BCUT2D eigenvalue weighted by Crippen LogP contribution is -2.60. The molecule has 3 aliphatic carbocycles. The molecule has 1 aliphatic heterocycles. The van der Waals surface area contributed by atoms with Crippen molar-refractivity contribution in [3.63, 3.8) is 0 Å². The van der Waals surface area contributed by atoms with Crippen LogP contribution in [0.25, 0.3) is 0 Å². The molecule has 120 valence electrons. The summed E-state index contributed by atoms with van der Waals surface area (Å²) in [7, 11) is 0. The number of Topliss-reactive ketones (excluding diaryl/α,β-unsaturated/α-hetero) is 2. The number of ketones is 2. The largest absolute Gasteiger partial charge is 0.390 e. The van der Waals surface area contributed by atoms with E-state index in [2.05, 4.69) is 0 Å². The maximum absolute atomic E-state index is 13.0. The number of carbonyl (C=O) groups is 2. The monoisotopic (exact) mass is 306 g/mol. The van der Waals surface area contributed by atoms with Gasteiger partial charge >= 0.3 is 0 Å². The van der Waals surface area contributed by atoms with Gasteiger partial charge in [0.15, 0.2) is 11.6 Å². The van der Waals surface area contributed by atoms with E-state index >= 15 is 0 Å². The second kappa shape index (κ2) is 4.08. The minimum atomic E-state index is -1.53. The van der Waals surface area contributed by atoms with Gasteiger partial charge in [0.1, 0.15) is 11.7 Å². The topological polar surface area (TPSA) is 83.8 Å². The Labute approximate surface area is 129 Å². The van der Waals surface area contributed by atoms with E-state index < -0.39 is 22.7 Å². The summed E-state index contributed by atoms with van der Waals surface area (Å²) in [6.07, 6.45) is 1.58. The summed E-state index contributed by atoms with van der Waals surface area (Å²) in [5.74, 6) is -0.754. The summed E-state index contributed by atoms with van der Waals surface area (Å²) in [5, 5.41) is 21.2. The van der Waals surface area contributed by atoms with E-state index in [4.69, 9.17) is 4.74 Å². The third-order valence-electron chi connectivity index (χ3n) is 6.41. The van der Waals surface area contributed by atoms with Crippen LogP contribution < -0.4 is 0 Å². The zero-order chi connectivity index (χ0) is 15.9. The lowest BCUT2D eigenvalue weighted by atomic mass is 9.56. The molecule has 2 bridgehead atoms. The van der Waals surface area contributed by atoms with Gasteiger partial charge in [0.2, 0.25) is 0 Å². The average molecular weight is 306 g/mol. The van der Waals surface area contributed by atoms with Crippen LogP contribution in [0.1, 0.15) is 46.0 Å². The molecule has 22 heavy (non-hydrogen) atoms. The summed E-state index contributed by atoms with van der Waals surface area (Å²) < 4.78 is 5.39. The van der Waals surface area contributed by atoms with Crippen LogP contribution in [0.4, 0.5) is 0 Å². The van der Waals surface area contributed by atoms with Crippen molar-refractivity contribution in [2.75, 3.05) is 6.61 Å². The molecule has 1 spiro atoms. The second-order valence-electron chi connectivity index (χ2n) is 7.91. The lowest BCUT2D eigenvalue weighted by Gasteiger charge is -2.46. The number of hydrogen-bond donors (Lipinski definition) is 2. The highest BCUT2D eigenvalue weighted by atomic mass is 16.5. The Hall–Kier alpha value is -1.04. The zero-order valence-corrected chi connectivity index (χ0v) is 13.0. The first-order valence-electron chi connectivity index (χ1n) is 8.04. The van der Waals surface area contributed by atoms with E-state index in [9.17, 15) is 19.8 Å². The van der Waals surface area contributed by atoms with Crippen molar-refractivity contribution in [1.82, 2.24) is 0 Å². The van der Waals surface area contributed by atoms with Crippen LogP contribution >= 0.6 is 0 Å². The molecule has 4 aliphatic rings. The van der Waals surface area contributed by atoms with Gasteiger partial charge in [-0.1, -0.05) is 11.1 Å². The molecular weight excluding hydrogens is 284 g/mol. The molecular formula is C17H22O5. The Morgan fingerprint density at radius 1 is 1.23 bits per heavy atom. The normalized spacial score (nSPS) is 50.9. The summed E-state index contributed by atoms with van der Waals surface area (Å²) in [5.41, 5.74) is -1.39. The molecule has 0 aromatic rings. The molecule has 1 saturated heterocycles. The predicted octanol–water partition coefficient (Wildman–Crippen LogP) is 0.916. The van der Waals surface area contributed by atoms with E-state index in [-0.39, 0.29) is 30.5 Å². The Morgan fingerprint density at radius 3 is 2.68 bits per heavy atom. The van der Waals surface area contributed by atoms with Gasteiger partial charge in [0, 0.05) is 12.3 Å². The molecule has 5 atom stereocenters. The molecule has 0 unspecified atom stereocenters. The third kappa shape index (κ3) is 1.59. The van der Waals surface area contributed by atoms with Gasteiger partial charge in [-0.25, -0.2) is 0 Å². The van der Waals surface area contributed by atoms with Gasteiger partial charge in [-0.15, -0.1) is 0 Å². The zero-order valence-electron chi connectivity index (χ0n) is 13.0. The van der Waals surface area contributed by atoms with Crippen molar-refractivity contribution < 1.29 is 24.5 Å². The first kappa shape index (κ1) is 14.5. The summed E-state index contributed by atoms with van der Waals surface area (Å²) in [4.78, 5) is 25.9. The minimum Gasteiger partial charge on any atom is -0.390 e. The Morgan fingerprint density at radius 2 is 1.95 bits per heavy atom. The van der Waals surface area contributed by atoms with E-state index in [1.54, 1.807) is 6.92 Å². The Balaban J connectivity index is 1.83. The molecule has 0 aromatic carbocycles. The van der Waals surface area contributed by atoms with Crippen LogP contribution in [0.3, 0.4) is 0 Å². The number of carbonyl (C=O) groups excluding carboxylic acids is 2. The number of aliphatic hydroxyl groups is 2. The standard InChI is InChI=1S/C17H22O5/c1-9-5-16(6-11-10(9)3-4-15(11,2)20)13(18)12-7-17(21,8-22-12)14(16)19/h11-12,20-21H,3-8H2,1-2H3/t11-,12+,15+,16-,17-/m0/s1. The molecule has 1 heterocycles. The van der Waals surface area contributed by atoms with Crippen molar-refractivity contribution in [2.24, 2.45) is 11.3 Å². The summed E-state index contributed by atoms with van der Waals surface area (Å²) in [6.45, 7) is 3.65. The highest BCUT2D eigenvalue weighted by molar-refractivity contribution is 6.15. The first-order valence-corrected chi connectivity index (χ1v) is 8.04. The van der Waals surface area contributed by atoms with Gasteiger partial charge in [-0.05, 0) is 39.5 Å². The van der Waals surface area contributed by atoms with E-state index in [0.717, 1.165) is 12.0 Å². The van der Waals surface area contributed by atoms with Crippen LogP contribution in [0.2, 0.25) is 0 Å². The molecule has 2 saturated carbocycles. The fourth-order valence-electron chi connectivity index (χ4n) is 5.17. The molecule has 0 radical (unpaired) electrons. The molecule has 2 N–H and O–H groups in total. The summed E-state index contributed by atoms with van der Waals surface area (Å²) in [6, 6.07) is 0. The molecule has 0 aromatic heterocycles. The van der Waals surface area contributed by atoms with Gasteiger partial charge in [-0.3, -0.25) is 9.59 Å². The fraction of sp³-hybridized carbons (Fsp3) is 0.765. The smallest absolute Gasteiger partial charge is 0.180 e. The highest BCUT2D eigenvalue weighted by Gasteiger charge is 2.67. The van der Waals surface area contributed by atoms with Gasteiger partial charge < -0.3 is 14.9 Å². The minimum absolute atomic E-state index is 0.0827. The third-order valence-corrected chi connectivity index (χ3v) is 6.41.